The Kier molecular flexibility index (Phi) is 4.45. The highest BCUT2D eigenvalue weighted by atomic mass is 79.9. The average Bonchev–Trinajstić information content (AvgIpc) is 2.48. The molecule has 2 unspecified atom stereocenters. The Morgan fingerprint density at radius 3 is 3.00 bits per heavy atom. The highest BCUT2D eigenvalue weighted by Crippen LogP contribution is 2.23. The largest absolute Gasteiger partial charge is 0.348 e. The van der Waals surface area contributed by atoms with Crippen LogP contribution in [0.4, 0.5) is 0 Å². The third-order valence-corrected chi connectivity index (χ3v) is 4.78. The van der Waals surface area contributed by atoms with Gasteiger partial charge in [-0.25, -0.2) is 0 Å². The van der Waals surface area contributed by atoms with E-state index in [0.29, 0.717) is 11.5 Å². The number of nitrogens with zero attached hydrogens (tertiary/aromatic N) is 1. The topological polar surface area (TPSA) is 54.0 Å². The minimum Gasteiger partial charge on any atom is -0.348 e. The Labute approximate surface area is 138 Å². The highest BCUT2D eigenvalue weighted by molar-refractivity contribution is 9.10. The van der Waals surface area contributed by atoms with Gasteiger partial charge in [0.1, 0.15) is 0 Å². The molecule has 2 aromatic rings. The zero-order valence-electron chi connectivity index (χ0n) is 12.8. The van der Waals surface area contributed by atoms with Crippen LogP contribution in [-0.4, -0.2) is 30.0 Å². The molecule has 0 bridgehead atoms. The number of hydrogen-bond acceptors (Lipinski definition) is 3. The fraction of sp³-hybridized carbons (Fsp3) is 0.412. The van der Waals surface area contributed by atoms with Crippen molar-refractivity contribution in [2.24, 2.45) is 5.92 Å². The number of carbonyl (C=O) groups excluding carboxylic acids is 1. The summed E-state index contributed by atoms with van der Waals surface area (Å²) in [7, 11) is 0. The number of aromatic nitrogens is 1. The number of hydrogen-bond donors (Lipinski definition) is 2. The Balaban J connectivity index is 1.93. The van der Waals surface area contributed by atoms with Gasteiger partial charge in [0.05, 0.1) is 11.1 Å². The molecule has 2 heterocycles. The molecule has 0 aliphatic carbocycles. The van der Waals surface area contributed by atoms with E-state index in [2.05, 4.69) is 38.5 Å². The van der Waals surface area contributed by atoms with Crippen LogP contribution in [-0.2, 0) is 0 Å². The molecule has 2 N–H and O–H groups in total. The minimum absolute atomic E-state index is 0.0154. The van der Waals surface area contributed by atoms with Crippen molar-refractivity contribution in [3.05, 3.63) is 40.0 Å². The second kappa shape index (κ2) is 6.34. The third-order valence-electron chi connectivity index (χ3n) is 4.29. The SMILES string of the molecule is Cc1cc(C(=O)NC2CNCCC2C)c2ccc(Br)cc2n1. The zero-order valence-corrected chi connectivity index (χ0v) is 14.4. The van der Waals surface area contributed by atoms with E-state index >= 15 is 0 Å². The van der Waals surface area contributed by atoms with Gasteiger partial charge in [0.25, 0.3) is 5.91 Å². The molecule has 1 amide bonds. The summed E-state index contributed by atoms with van der Waals surface area (Å²) in [4.78, 5) is 17.3. The normalized spacial score (nSPS) is 21.8. The van der Waals surface area contributed by atoms with Crippen molar-refractivity contribution >= 4 is 32.7 Å². The van der Waals surface area contributed by atoms with Gasteiger partial charge >= 0.3 is 0 Å². The molecule has 22 heavy (non-hydrogen) atoms. The maximum atomic E-state index is 12.7. The molecule has 0 spiro atoms. The van der Waals surface area contributed by atoms with Gasteiger partial charge < -0.3 is 10.6 Å². The molecule has 0 saturated carbocycles. The standard InChI is InChI=1S/C17H20BrN3O/c1-10-5-6-19-9-16(10)21-17(22)14-7-11(2)20-15-8-12(18)3-4-13(14)15/h3-4,7-8,10,16,19H,5-6,9H2,1-2H3,(H,21,22). The van der Waals surface area contributed by atoms with Crippen LogP contribution in [0.1, 0.15) is 29.4 Å². The smallest absolute Gasteiger partial charge is 0.252 e. The lowest BCUT2D eigenvalue weighted by Gasteiger charge is -2.30. The summed E-state index contributed by atoms with van der Waals surface area (Å²) in [5.74, 6) is 0.479. The van der Waals surface area contributed by atoms with E-state index in [4.69, 9.17) is 0 Å². The Bertz CT molecular complexity index is 711. The van der Waals surface area contributed by atoms with Gasteiger partial charge in [0, 0.05) is 28.1 Å². The van der Waals surface area contributed by atoms with Crippen LogP contribution in [0.25, 0.3) is 10.9 Å². The lowest BCUT2D eigenvalue weighted by Crippen LogP contribution is -2.50. The molecule has 0 radical (unpaired) electrons. The van der Waals surface area contributed by atoms with Gasteiger partial charge in [-0.1, -0.05) is 28.9 Å². The number of pyridine rings is 1. The van der Waals surface area contributed by atoms with Crippen LogP contribution in [0.3, 0.4) is 0 Å². The van der Waals surface area contributed by atoms with E-state index in [1.165, 1.54) is 0 Å². The van der Waals surface area contributed by atoms with E-state index in [-0.39, 0.29) is 11.9 Å². The summed E-state index contributed by atoms with van der Waals surface area (Å²) in [6, 6.07) is 7.89. The molecular formula is C17H20BrN3O. The number of fused-ring (bicyclic) bond motifs is 1. The van der Waals surface area contributed by atoms with Gasteiger partial charge in [0.2, 0.25) is 0 Å². The monoisotopic (exact) mass is 361 g/mol. The molecule has 1 aliphatic heterocycles. The minimum atomic E-state index is -0.0154. The second-order valence-electron chi connectivity index (χ2n) is 6.02. The predicted octanol–water partition coefficient (Wildman–Crippen LogP) is 3.03. The quantitative estimate of drug-likeness (QED) is 0.864. The number of carbonyl (C=O) groups is 1. The highest BCUT2D eigenvalue weighted by Gasteiger charge is 2.24. The fourth-order valence-corrected chi connectivity index (χ4v) is 3.30. The van der Waals surface area contributed by atoms with E-state index in [0.717, 1.165) is 40.6 Å². The zero-order chi connectivity index (χ0) is 15.7. The van der Waals surface area contributed by atoms with Crippen molar-refractivity contribution in [1.82, 2.24) is 15.6 Å². The Morgan fingerprint density at radius 1 is 1.41 bits per heavy atom. The maximum absolute atomic E-state index is 12.7. The first-order valence-corrected chi connectivity index (χ1v) is 8.42. The molecule has 5 heteroatoms. The second-order valence-corrected chi connectivity index (χ2v) is 6.94. The molecular weight excluding hydrogens is 342 g/mol. The van der Waals surface area contributed by atoms with E-state index in [9.17, 15) is 4.79 Å². The lowest BCUT2D eigenvalue weighted by atomic mass is 9.94. The molecule has 1 aromatic carbocycles. The fourth-order valence-electron chi connectivity index (χ4n) is 2.95. The van der Waals surface area contributed by atoms with Crippen molar-refractivity contribution in [1.29, 1.82) is 0 Å². The Hall–Kier alpha value is -1.46. The van der Waals surface area contributed by atoms with Crippen LogP contribution in [0.2, 0.25) is 0 Å². The maximum Gasteiger partial charge on any atom is 0.252 e. The molecule has 1 fully saturated rings. The molecule has 4 nitrogen and oxygen atoms in total. The molecule has 1 aromatic heterocycles. The van der Waals surface area contributed by atoms with E-state index in [1.54, 1.807) is 0 Å². The van der Waals surface area contributed by atoms with Crippen LogP contribution >= 0.6 is 15.9 Å². The first kappa shape index (κ1) is 15.4. The number of amides is 1. The van der Waals surface area contributed by atoms with Crippen molar-refractivity contribution in [3.63, 3.8) is 0 Å². The molecule has 1 saturated heterocycles. The van der Waals surface area contributed by atoms with Crippen LogP contribution in [0, 0.1) is 12.8 Å². The molecule has 1 aliphatic rings. The summed E-state index contributed by atoms with van der Waals surface area (Å²) in [6.45, 7) is 5.97. The third kappa shape index (κ3) is 3.15. The molecule has 116 valence electrons. The number of benzene rings is 1. The van der Waals surface area contributed by atoms with Gasteiger partial charge in [-0.2, -0.15) is 0 Å². The first-order chi connectivity index (χ1) is 10.5. The molecule has 2 atom stereocenters. The van der Waals surface area contributed by atoms with Gasteiger partial charge in [0.15, 0.2) is 0 Å². The van der Waals surface area contributed by atoms with Crippen molar-refractivity contribution in [2.75, 3.05) is 13.1 Å². The average molecular weight is 362 g/mol. The molecule has 3 rings (SSSR count). The van der Waals surface area contributed by atoms with Crippen molar-refractivity contribution in [3.8, 4) is 0 Å². The number of nitrogens with one attached hydrogen (secondary N) is 2. The summed E-state index contributed by atoms with van der Waals surface area (Å²) in [5.41, 5.74) is 2.40. The predicted molar refractivity (Wildman–Crippen MR) is 92.1 cm³/mol. The number of aryl methyl sites for hydroxylation is 1. The van der Waals surface area contributed by atoms with E-state index in [1.807, 2.05) is 31.2 Å². The summed E-state index contributed by atoms with van der Waals surface area (Å²) in [5, 5.41) is 7.41. The Morgan fingerprint density at radius 2 is 2.23 bits per heavy atom. The lowest BCUT2D eigenvalue weighted by molar-refractivity contribution is 0.0917. The van der Waals surface area contributed by atoms with Crippen LogP contribution < -0.4 is 10.6 Å². The summed E-state index contributed by atoms with van der Waals surface area (Å²) < 4.78 is 0.967. The van der Waals surface area contributed by atoms with Gasteiger partial charge in [-0.15, -0.1) is 0 Å². The summed E-state index contributed by atoms with van der Waals surface area (Å²) in [6.07, 6.45) is 1.09. The van der Waals surface area contributed by atoms with Crippen molar-refractivity contribution in [2.45, 2.75) is 26.3 Å². The number of piperidine rings is 1. The summed E-state index contributed by atoms with van der Waals surface area (Å²) >= 11 is 3.46. The van der Waals surface area contributed by atoms with E-state index < -0.39 is 0 Å². The number of halogens is 1. The first-order valence-electron chi connectivity index (χ1n) is 7.63. The van der Waals surface area contributed by atoms with Gasteiger partial charge in [-0.05, 0) is 44.0 Å². The van der Waals surface area contributed by atoms with Crippen molar-refractivity contribution < 1.29 is 4.79 Å². The van der Waals surface area contributed by atoms with Crippen LogP contribution in [0.15, 0.2) is 28.7 Å². The van der Waals surface area contributed by atoms with Gasteiger partial charge in [-0.3, -0.25) is 9.78 Å². The number of rotatable bonds is 2. The van der Waals surface area contributed by atoms with Crippen LogP contribution in [0.5, 0.6) is 0 Å².